The third-order valence-corrected chi connectivity index (χ3v) is 4.39. The van der Waals surface area contributed by atoms with Crippen LogP contribution in [0, 0.1) is 6.92 Å². The van der Waals surface area contributed by atoms with E-state index in [-0.39, 0.29) is 12.3 Å². The molecule has 0 fully saturated rings. The SMILES string of the molecule is Cc1ccc(C(=O)Cn2nnn(-c3ccccc3Cl)c2=O)s1. The summed E-state index contributed by atoms with van der Waals surface area (Å²) in [6.07, 6.45) is 0. The summed E-state index contributed by atoms with van der Waals surface area (Å²) in [7, 11) is 0. The number of hydrogen-bond acceptors (Lipinski definition) is 5. The van der Waals surface area contributed by atoms with Crippen LogP contribution in [-0.2, 0) is 6.54 Å². The number of hydrogen-bond donors (Lipinski definition) is 0. The Hall–Kier alpha value is -2.25. The summed E-state index contributed by atoms with van der Waals surface area (Å²) in [5.74, 6) is -0.175. The van der Waals surface area contributed by atoms with Crippen molar-refractivity contribution in [3.05, 3.63) is 61.7 Å². The van der Waals surface area contributed by atoms with E-state index in [4.69, 9.17) is 11.6 Å². The number of aryl methyl sites for hydroxylation is 1. The number of rotatable bonds is 4. The lowest BCUT2D eigenvalue weighted by atomic mass is 10.3. The van der Waals surface area contributed by atoms with Gasteiger partial charge in [-0.2, -0.15) is 9.36 Å². The van der Waals surface area contributed by atoms with E-state index < -0.39 is 5.69 Å². The molecule has 0 aliphatic heterocycles. The molecule has 0 N–H and O–H groups in total. The highest BCUT2D eigenvalue weighted by Crippen LogP contribution is 2.17. The summed E-state index contributed by atoms with van der Waals surface area (Å²) in [5, 5.41) is 7.92. The first-order chi connectivity index (χ1) is 10.6. The number of para-hydroxylation sites is 1. The molecule has 0 amide bonds. The van der Waals surface area contributed by atoms with Gasteiger partial charge in [0.15, 0.2) is 5.78 Å². The molecule has 0 bridgehead atoms. The molecule has 0 saturated heterocycles. The predicted octanol–water partition coefficient (Wildman–Crippen LogP) is 2.34. The maximum Gasteiger partial charge on any atom is 0.368 e. The fraction of sp³-hybridized carbons (Fsp3) is 0.143. The van der Waals surface area contributed by atoms with Gasteiger partial charge >= 0.3 is 5.69 Å². The number of carbonyl (C=O) groups excluding carboxylic acids is 1. The Labute approximate surface area is 134 Å². The van der Waals surface area contributed by atoms with Crippen LogP contribution in [0.3, 0.4) is 0 Å². The average Bonchev–Trinajstić information content (AvgIpc) is 3.07. The molecule has 22 heavy (non-hydrogen) atoms. The van der Waals surface area contributed by atoms with E-state index in [2.05, 4.69) is 10.4 Å². The van der Waals surface area contributed by atoms with Crippen molar-refractivity contribution < 1.29 is 4.79 Å². The van der Waals surface area contributed by atoms with E-state index in [1.165, 1.54) is 11.3 Å². The van der Waals surface area contributed by atoms with Crippen molar-refractivity contribution in [3.8, 4) is 5.69 Å². The molecule has 0 aliphatic rings. The van der Waals surface area contributed by atoms with Gasteiger partial charge in [0.25, 0.3) is 0 Å². The highest BCUT2D eigenvalue weighted by atomic mass is 35.5. The van der Waals surface area contributed by atoms with Gasteiger partial charge in [-0.05, 0) is 41.6 Å². The second-order valence-electron chi connectivity index (χ2n) is 4.62. The zero-order chi connectivity index (χ0) is 15.7. The molecule has 112 valence electrons. The Bertz CT molecular complexity index is 896. The van der Waals surface area contributed by atoms with Gasteiger partial charge in [0.05, 0.1) is 15.6 Å². The smallest absolute Gasteiger partial charge is 0.291 e. The van der Waals surface area contributed by atoms with Gasteiger partial charge in [-0.15, -0.1) is 11.3 Å². The summed E-state index contributed by atoms with van der Waals surface area (Å²) in [6.45, 7) is 1.77. The first-order valence-corrected chi connectivity index (χ1v) is 7.63. The van der Waals surface area contributed by atoms with Crippen LogP contribution in [-0.4, -0.2) is 25.6 Å². The number of tetrazole rings is 1. The minimum atomic E-state index is -0.505. The zero-order valence-corrected chi connectivity index (χ0v) is 13.1. The Balaban J connectivity index is 1.90. The standard InChI is InChI=1S/C14H11ClN4O2S/c1-9-6-7-13(22-9)12(20)8-18-14(21)19(17-16-18)11-5-3-2-4-10(11)15/h2-7H,8H2,1H3. The van der Waals surface area contributed by atoms with Gasteiger partial charge in [0.1, 0.15) is 6.54 Å². The Morgan fingerprint density at radius 3 is 2.68 bits per heavy atom. The van der Waals surface area contributed by atoms with Gasteiger partial charge in [-0.25, -0.2) is 4.79 Å². The van der Waals surface area contributed by atoms with Crippen molar-refractivity contribution in [2.45, 2.75) is 13.5 Å². The minimum absolute atomic E-state index is 0.150. The maximum atomic E-state index is 12.3. The Morgan fingerprint density at radius 2 is 2.00 bits per heavy atom. The molecule has 8 heteroatoms. The van der Waals surface area contributed by atoms with Crippen molar-refractivity contribution >= 4 is 28.7 Å². The fourth-order valence-corrected chi connectivity index (χ4v) is 2.96. The third-order valence-electron chi connectivity index (χ3n) is 3.03. The van der Waals surface area contributed by atoms with E-state index in [9.17, 15) is 9.59 Å². The highest BCUT2D eigenvalue weighted by molar-refractivity contribution is 7.14. The molecule has 0 unspecified atom stereocenters. The van der Waals surface area contributed by atoms with Crippen molar-refractivity contribution in [2.24, 2.45) is 0 Å². The molecule has 1 aromatic carbocycles. The monoisotopic (exact) mass is 334 g/mol. The minimum Gasteiger partial charge on any atom is -0.291 e. The van der Waals surface area contributed by atoms with Crippen molar-refractivity contribution in [2.75, 3.05) is 0 Å². The number of aromatic nitrogens is 4. The molecule has 2 heterocycles. The van der Waals surface area contributed by atoms with E-state index in [0.717, 1.165) is 14.2 Å². The summed E-state index contributed by atoms with van der Waals surface area (Å²) < 4.78 is 2.11. The largest absolute Gasteiger partial charge is 0.368 e. The molecular formula is C14H11ClN4O2S. The molecule has 0 saturated carbocycles. The molecule has 6 nitrogen and oxygen atoms in total. The lowest BCUT2D eigenvalue weighted by Crippen LogP contribution is -2.27. The molecule has 3 aromatic rings. The number of halogens is 1. The molecule has 3 rings (SSSR count). The van der Waals surface area contributed by atoms with E-state index in [1.807, 2.05) is 13.0 Å². The first kappa shape index (κ1) is 14.7. The molecule has 0 aliphatic carbocycles. The normalized spacial score (nSPS) is 10.8. The molecule has 0 atom stereocenters. The van der Waals surface area contributed by atoms with Crippen LogP contribution < -0.4 is 5.69 Å². The molecule has 0 spiro atoms. The van der Waals surface area contributed by atoms with Crippen LogP contribution in [0.1, 0.15) is 14.5 Å². The van der Waals surface area contributed by atoms with Gasteiger partial charge in [-0.1, -0.05) is 23.7 Å². The van der Waals surface area contributed by atoms with E-state index in [1.54, 1.807) is 30.3 Å². The summed E-state index contributed by atoms with van der Waals surface area (Å²) in [6, 6.07) is 10.4. The van der Waals surface area contributed by atoms with Crippen LogP contribution in [0.15, 0.2) is 41.2 Å². The van der Waals surface area contributed by atoms with Gasteiger partial charge in [0, 0.05) is 4.88 Å². The second-order valence-corrected chi connectivity index (χ2v) is 6.31. The summed E-state index contributed by atoms with van der Waals surface area (Å²) in [4.78, 5) is 26.1. The van der Waals surface area contributed by atoms with Gasteiger partial charge in [0.2, 0.25) is 0 Å². The number of ketones is 1. The number of carbonyl (C=O) groups is 1. The number of thiophene rings is 1. The van der Waals surface area contributed by atoms with Gasteiger partial charge < -0.3 is 0 Å². The number of Topliss-reactive ketones (excluding diaryl/α,β-unsaturated/α-hetero) is 1. The number of benzene rings is 1. The molecule has 0 radical (unpaired) electrons. The van der Waals surface area contributed by atoms with E-state index >= 15 is 0 Å². The van der Waals surface area contributed by atoms with Crippen LogP contribution in [0.2, 0.25) is 5.02 Å². The van der Waals surface area contributed by atoms with Crippen LogP contribution in [0.4, 0.5) is 0 Å². The van der Waals surface area contributed by atoms with Gasteiger partial charge in [-0.3, -0.25) is 4.79 Å². The highest BCUT2D eigenvalue weighted by Gasteiger charge is 2.15. The fourth-order valence-electron chi connectivity index (χ4n) is 1.95. The van der Waals surface area contributed by atoms with Crippen molar-refractivity contribution in [3.63, 3.8) is 0 Å². The summed E-state index contributed by atoms with van der Waals surface area (Å²) >= 11 is 7.43. The maximum absolute atomic E-state index is 12.3. The lowest BCUT2D eigenvalue weighted by Gasteiger charge is -2.00. The van der Waals surface area contributed by atoms with E-state index in [0.29, 0.717) is 15.6 Å². The second kappa shape index (κ2) is 5.86. The van der Waals surface area contributed by atoms with Crippen LogP contribution >= 0.6 is 22.9 Å². The van der Waals surface area contributed by atoms with Crippen LogP contribution in [0.25, 0.3) is 5.69 Å². The van der Waals surface area contributed by atoms with Crippen molar-refractivity contribution in [1.29, 1.82) is 0 Å². The summed E-state index contributed by atoms with van der Waals surface area (Å²) in [5.41, 5.74) is -0.0745. The third kappa shape index (κ3) is 2.72. The first-order valence-electron chi connectivity index (χ1n) is 6.43. The topological polar surface area (TPSA) is 69.8 Å². The lowest BCUT2D eigenvalue weighted by molar-refractivity contribution is 0.0969. The molecular weight excluding hydrogens is 324 g/mol. The number of nitrogens with zero attached hydrogens (tertiary/aromatic N) is 4. The predicted molar refractivity (Wildman–Crippen MR) is 84.0 cm³/mol. The van der Waals surface area contributed by atoms with Crippen LogP contribution in [0.5, 0.6) is 0 Å². The van der Waals surface area contributed by atoms with Crippen molar-refractivity contribution in [1.82, 2.24) is 19.8 Å². The average molecular weight is 335 g/mol. The quantitative estimate of drug-likeness (QED) is 0.687. The zero-order valence-electron chi connectivity index (χ0n) is 11.6. The Kier molecular flexibility index (Phi) is 3.91. The Morgan fingerprint density at radius 1 is 1.23 bits per heavy atom. The molecule has 2 aromatic heterocycles.